The zero-order valence-corrected chi connectivity index (χ0v) is 26.6. The van der Waals surface area contributed by atoms with E-state index in [9.17, 15) is 0 Å². The minimum atomic E-state index is 0.601. The Morgan fingerprint density at radius 3 is 2.39 bits per heavy atom. The van der Waals surface area contributed by atoms with Gasteiger partial charge in [0.25, 0.3) is 0 Å². The van der Waals surface area contributed by atoms with Crippen molar-refractivity contribution in [3.05, 3.63) is 121 Å². The molecule has 220 valence electrons. The maximum Gasteiger partial charge on any atom is 0.195 e. The monoisotopic (exact) mass is 629 g/mol. The zero-order chi connectivity index (χ0) is 30.4. The Balaban J connectivity index is 1.06. The van der Waals surface area contributed by atoms with Crippen LogP contribution in [0.2, 0.25) is 0 Å². The van der Waals surface area contributed by atoms with Gasteiger partial charge in [-0.1, -0.05) is 60.7 Å². The molecule has 9 aromatic rings. The largest absolute Gasteiger partial charge is 0.310 e. The average molecular weight is 630 g/mol. The van der Waals surface area contributed by atoms with E-state index in [0.717, 1.165) is 60.7 Å². The summed E-state index contributed by atoms with van der Waals surface area (Å²) in [6, 6.07) is 32.6. The lowest BCUT2D eigenvalue weighted by atomic mass is 9.90. The molecule has 0 spiro atoms. The Bertz CT molecular complexity index is 2630. The summed E-state index contributed by atoms with van der Waals surface area (Å²) in [4.78, 5) is 14.6. The second-order valence-electron chi connectivity index (χ2n) is 12.0. The summed E-state index contributed by atoms with van der Waals surface area (Å²) in [6.45, 7) is 2.28. The third-order valence-corrected chi connectivity index (χ3v) is 11.5. The molecule has 5 aromatic heterocycles. The molecule has 0 N–H and O–H groups in total. The summed E-state index contributed by atoms with van der Waals surface area (Å²) in [7, 11) is 0. The van der Waals surface area contributed by atoms with Gasteiger partial charge < -0.3 is 4.57 Å². The molecular weight excluding hydrogens is 603 g/mol. The van der Waals surface area contributed by atoms with E-state index in [1.165, 1.54) is 37.9 Å². The van der Waals surface area contributed by atoms with Crippen LogP contribution in [-0.4, -0.2) is 24.1 Å². The lowest BCUT2D eigenvalue weighted by molar-refractivity contribution is 0.621. The predicted molar refractivity (Wildman–Crippen MR) is 194 cm³/mol. The summed E-state index contributed by atoms with van der Waals surface area (Å²) < 4.78 is 7.03. The van der Waals surface area contributed by atoms with Gasteiger partial charge in [-0.05, 0) is 85.0 Å². The van der Waals surface area contributed by atoms with E-state index in [-0.39, 0.29) is 0 Å². The van der Waals surface area contributed by atoms with Crippen molar-refractivity contribution in [3.8, 4) is 21.4 Å². The first-order valence-corrected chi connectivity index (χ1v) is 17.3. The van der Waals surface area contributed by atoms with Crippen LogP contribution in [0.25, 0.3) is 80.6 Å². The predicted octanol–water partition coefficient (Wildman–Crippen LogP) is 10.6. The third kappa shape index (κ3) is 3.82. The number of hydrogen-bond donors (Lipinski definition) is 0. The molecular formula is C39H27N5S2. The van der Waals surface area contributed by atoms with Gasteiger partial charge in [-0.25, -0.2) is 9.97 Å². The van der Waals surface area contributed by atoms with Gasteiger partial charge in [-0.15, -0.1) is 11.3 Å². The SMILES string of the molecule is CCC1C=Cc2c(c3ccccc3n2-c2ccc3nc(-c4ccc5nc(-n6c7ccccc7c7cnccc76)sc5c4)sc3c2)C1. The van der Waals surface area contributed by atoms with Crippen molar-refractivity contribution in [2.24, 2.45) is 5.92 Å². The van der Waals surface area contributed by atoms with Crippen LogP contribution in [0.5, 0.6) is 0 Å². The molecule has 5 heterocycles. The molecule has 0 bridgehead atoms. The van der Waals surface area contributed by atoms with Crippen LogP contribution in [-0.2, 0) is 6.42 Å². The number of pyridine rings is 1. The van der Waals surface area contributed by atoms with Crippen LogP contribution in [0.15, 0.2) is 109 Å². The van der Waals surface area contributed by atoms with E-state index in [0.29, 0.717) is 5.92 Å². The number of hydrogen-bond acceptors (Lipinski definition) is 5. The Morgan fingerprint density at radius 1 is 0.739 bits per heavy atom. The van der Waals surface area contributed by atoms with Gasteiger partial charge in [-0.3, -0.25) is 9.55 Å². The number of thiazole rings is 2. The first kappa shape index (κ1) is 26.1. The number of para-hydroxylation sites is 2. The average Bonchev–Trinajstić information content (AvgIpc) is 3.87. The molecule has 1 aliphatic rings. The molecule has 0 fully saturated rings. The molecule has 1 unspecified atom stereocenters. The highest BCUT2D eigenvalue weighted by Gasteiger charge is 2.22. The summed E-state index contributed by atoms with van der Waals surface area (Å²) in [5.74, 6) is 0.601. The summed E-state index contributed by atoms with van der Waals surface area (Å²) in [6.07, 6.45) is 10.8. The highest BCUT2D eigenvalue weighted by Crippen LogP contribution is 2.40. The third-order valence-electron chi connectivity index (χ3n) is 9.46. The molecule has 0 amide bonds. The molecule has 46 heavy (non-hydrogen) atoms. The molecule has 10 rings (SSSR count). The molecule has 1 aliphatic carbocycles. The van der Waals surface area contributed by atoms with Crippen LogP contribution < -0.4 is 0 Å². The number of nitrogens with zero attached hydrogens (tertiary/aromatic N) is 5. The first-order valence-electron chi connectivity index (χ1n) is 15.7. The number of benzene rings is 4. The minimum absolute atomic E-state index is 0.601. The first-order chi connectivity index (χ1) is 22.7. The smallest absolute Gasteiger partial charge is 0.195 e. The van der Waals surface area contributed by atoms with Crippen molar-refractivity contribution in [1.82, 2.24) is 24.1 Å². The van der Waals surface area contributed by atoms with Crippen molar-refractivity contribution in [2.45, 2.75) is 19.8 Å². The standard InChI is InChI=1S/C39H27N5S2/c1-2-23-11-16-34-28(19-23)26-7-3-5-9-32(26)43(34)25-13-15-30-37(21-25)45-38(41-30)24-12-14-31-36(20-24)46-39(42-31)44-33-10-6-4-8-27(33)29-22-40-18-17-35(29)44/h3-18,20-23H,2,19H2,1H3. The quantitative estimate of drug-likeness (QED) is 0.195. The maximum atomic E-state index is 5.09. The van der Waals surface area contributed by atoms with Crippen molar-refractivity contribution in [3.63, 3.8) is 0 Å². The fourth-order valence-corrected chi connectivity index (χ4v) is 9.20. The van der Waals surface area contributed by atoms with Gasteiger partial charge >= 0.3 is 0 Å². The van der Waals surface area contributed by atoms with E-state index in [1.807, 2.05) is 12.4 Å². The lowest BCUT2D eigenvalue weighted by Crippen LogP contribution is -2.07. The van der Waals surface area contributed by atoms with Crippen molar-refractivity contribution in [1.29, 1.82) is 0 Å². The van der Waals surface area contributed by atoms with Crippen LogP contribution in [0.4, 0.5) is 0 Å². The van der Waals surface area contributed by atoms with Gasteiger partial charge in [-0.2, -0.15) is 0 Å². The Morgan fingerprint density at radius 2 is 1.50 bits per heavy atom. The molecule has 0 aliphatic heterocycles. The van der Waals surface area contributed by atoms with Crippen LogP contribution in [0, 0.1) is 5.92 Å². The minimum Gasteiger partial charge on any atom is -0.310 e. The normalized spacial score (nSPS) is 14.8. The summed E-state index contributed by atoms with van der Waals surface area (Å²) in [5, 5.41) is 5.67. The fourth-order valence-electron chi connectivity index (χ4n) is 7.17. The van der Waals surface area contributed by atoms with Gasteiger partial charge in [0.2, 0.25) is 0 Å². The van der Waals surface area contributed by atoms with Crippen LogP contribution in [0.3, 0.4) is 0 Å². The van der Waals surface area contributed by atoms with Crippen molar-refractivity contribution < 1.29 is 0 Å². The molecule has 0 radical (unpaired) electrons. The number of aromatic nitrogens is 5. The van der Waals surface area contributed by atoms with E-state index in [4.69, 9.17) is 9.97 Å². The molecule has 5 nitrogen and oxygen atoms in total. The number of fused-ring (bicyclic) bond motifs is 8. The van der Waals surface area contributed by atoms with E-state index in [1.54, 1.807) is 22.7 Å². The fraction of sp³-hybridized carbons (Fsp3) is 0.103. The molecule has 7 heteroatoms. The van der Waals surface area contributed by atoms with Crippen molar-refractivity contribution >= 4 is 81.9 Å². The maximum absolute atomic E-state index is 5.09. The summed E-state index contributed by atoms with van der Waals surface area (Å²) >= 11 is 3.47. The van der Waals surface area contributed by atoms with E-state index >= 15 is 0 Å². The Hall–Kier alpha value is -5.11. The topological polar surface area (TPSA) is 48.5 Å². The molecule has 1 atom stereocenters. The Labute approximate surface area is 272 Å². The zero-order valence-electron chi connectivity index (χ0n) is 25.0. The highest BCUT2D eigenvalue weighted by molar-refractivity contribution is 7.22. The van der Waals surface area contributed by atoms with Gasteiger partial charge in [0.1, 0.15) is 5.01 Å². The molecule has 0 saturated heterocycles. The van der Waals surface area contributed by atoms with Gasteiger partial charge in [0, 0.05) is 45.5 Å². The van der Waals surface area contributed by atoms with Crippen molar-refractivity contribution in [2.75, 3.05) is 0 Å². The second kappa shape index (κ2) is 9.94. The number of allylic oxidation sites excluding steroid dienone is 1. The second-order valence-corrected chi connectivity index (χ2v) is 14.1. The lowest BCUT2D eigenvalue weighted by Gasteiger charge is -2.17. The van der Waals surface area contributed by atoms with Gasteiger partial charge in [0.15, 0.2) is 5.13 Å². The van der Waals surface area contributed by atoms with E-state index in [2.05, 4.69) is 124 Å². The summed E-state index contributed by atoms with van der Waals surface area (Å²) in [5.41, 5.74) is 10.6. The van der Waals surface area contributed by atoms with Crippen LogP contribution >= 0.6 is 22.7 Å². The van der Waals surface area contributed by atoms with E-state index < -0.39 is 0 Å². The Kier molecular flexibility index (Phi) is 5.65. The number of rotatable bonds is 4. The van der Waals surface area contributed by atoms with Gasteiger partial charge in [0.05, 0.1) is 37.0 Å². The molecule has 0 saturated carbocycles. The van der Waals surface area contributed by atoms with Crippen LogP contribution in [0.1, 0.15) is 24.6 Å². The molecule has 4 aromatic carbocycles. The highest BCUT2D eigenvalue weighted by atomic mass is 32.1.